The molecule has 1 aliphatic heterocycles. The number of carbonyl (C=O) groups excluding carboxylic acids is 13. The predicted octanol–water partition coefficient (Wildman–Crippen LogP) is -1.76. The van der Waals surface area contributed by atoms with Gasteiger partial charge in [0.2, 0.25) is 65.0 Å². The number of fused-ring (bicyclic) bond motifs is 3. The van der Waals surface area contributed by atoms with E-state index in [0.717, 1.165) is 10.8 Å². The van der Waals surface area contributed by atoms with Crippen LogP contribution in [0, 0.1) is 17.2 Å². The summed E-state index contributed by atoms with van der Waals surface area (Å²) in [5, 5.41) is 62.1. The number of aliphatic hydroxyl groups excluding tert-OH is 1. The molecular formula is C77H105N19O17S. The molecule has 13 amide bonds. The molecule has 1 fully saturated rings. The minimum atomic E-state index is -2.73. The number of carboxylic acid groups (broad SMARTS) is 1. The van der Waals surface area contributed by atoms with Crippen molar-refractivity contribution in [3.8, 4) is 0 Å². The van der Waals surface area contributed by atoms with Crippen molar-refractivity contribution in [2.24, 2.45) is 29.0 Å². The van der Waals surface area contributed by atoms with Crippen molar-refractivity contribution in [2.45, 2.75) is 184 Å². The number of nitrogens with two attached hydrogens (primary N) is 3. The number of carboxylic acids is 1. The normalized spacial score (nSPS) is 23.5. The first-order valence-corrected chi connectivity index (χ1v) is 39.2. The minimum Gasteiger partial charge on any atom is -0.614 e. The van der Waals surface area contributed by atoms with Crippen molar-refractivity contribution in [1.82, 2.24) is 79.1 Å². The van der Waals surface area contributed by atoms with Crippen LogP contribution in [-0.4, -0.2) is 211 Å². The Labute approximate surface area is 660 Å². The first kappa shape index (κ1) is 89.5. The Kier molecular flexibility index (Phi) is 34.5. The van der Waals surface area contributed by atoms with Crippen molar-refractivity contribution in [1.29, 1.82) is 5.41 Å². The fourth-order valence-electron chi connectivity index (χ4n) is 12.9. The first-order valence-electron chi connectivity index (χ1n) is 37.9. The van der Waals surface area contributed by atoms with E-state index < -0.39 is 203 Å². The second-order valence-electron chi connectivity index (χ2n) is 28.4. The van der Waals surface area contributed by atoms with E-state index in [9.17, 15) is 67.5 Å². The number of H-pyrrole nitrogens is 2. The van der Waals surface area contributed by atoms with Gasteiger partial charge in [0, 0.05) is 60.0 Å². The van der Waals surface area contributed by atoms with Crippen LogP contribution in [0.1, 0.15) is 116 Å². The molecule has 4 aromatic carbocycles. The van der Waals surface area contributed by atoms with Gasteiger partial charge >= 0.3 is 5.97 Å². The number of para-hydroxylation sites is 2. The maximum atomic E-state index is 15.1. The molecular weight excluding hydrogens is 1500 g/mol. The van der Waals surface area contributed by atoms with Crippen LogP contribution in [0.15, 0.2) is 103 Å². The molecule has 36 nitrogen and oxygen atoms in total. The van der Waals surface area contributed by atoms with Crippen LogP contribution in [0.2, 0.25) is 0 Å². The highest BCUT2D eigenvalue weighted by molar-refractivity contribution is 7.93. The molecule has 0 bridgehead atoms. The maximum absolute atomic E-state index is 15.1. The Morgan fingerprint density at radius 2 is 1.01 bits per heavy atom. The molecule has 24 N–H and O–H groups in total. The van der Waals surface area contributed by atoms with Crippen molar-refractivity contribution in [3.63, 3.8) is 0 Å². The molecule has 3 heterocycles. The van der Waals surface area contributed by atoms with E-state index in [1.165, 1.54) is 13.8 Å². The number of rotatable bonds is 24. The fraction of sp³-hybridized carbons (Fsp3) is 0.468. The Bertz CT molecular complexity index is 4420. The molecule has 0 saturated carbocycles. The van der Waals surface area contributed by atoms with E-state index in [4.69, 9.17) is 22.6 Å². The number of aliphatic hydroxyl groups is 1. The van der Waals surface area contributed by atoms with Crippen molar-refractivity contribution >= 4 is 132 Å². The van der Waals surface area contributed by atoms with E-state index >= 15 is 14.4 Å². The number of unbranched alkanes of at least 4 members (excludes halogenated alkanes) is 2. The zero-order chi connectivity index (χ0) is 83.3. The Morgan fingerprint density at radius 3 is 1.55 bits per heavy atom. The molecule has 616 valence electrons. The minimum absolute atomic E-state index is 0.0105. The van der Waals surface area contributed by atoms with Crippen LogP contribution < -0.4 is 86.3 Å². The maximum Gasteiger partial charge on any atom is 0.305 e. The van der Waals surface area contributed by atoms with Crippen molar-refractivity contribution < 1.29 is 81.9 Å². The second kappa shape index (κ2) is 43.9. The smallest absolute Gasteiger partial charge is 0.305 e. The Balaban J connectivity index is 1.29. The third-order valence-electron chi connectivity index (χ3n) is 19.4. The summed E-state index contributed by atoms with van der Waals surface area (Å²) in [7, 11) is 0. The average molecular weight is 1600 g/mol. The third-order valence-corrected chi connectivity index (χ3v) is 20.8. The summed E-state index contributed by atoms with van der Waals surface area (Å²) in [6.07, 6.45) is 2.39. The first-order chi connectivity index (χ1) is 54.4. The van der Waals surface area contributed by atoms with Gasteiger partial charge in [-0.3, -0.25) is 72.5 Å². The quantitative estimate of drug-likeness (QED) is 0.0138. The highest BCUT2D eigenvalue weighted by atomic mass is 32.2. The molecule has 2 aromatic heterocycles. The SMILES string of the molecule is CCCC[C@@H]1NC(=O)[C@H](Cc2c[nH]c3ccccc23)NC(=O)[C@@H](CC(=O)O)NC(=O)C(CCCNC(=N)N)NC(=O)CNC(=O)[C@@H](CO)NC(=O)[C@@H]([C@@H](C)CC)NC(=O)[C@H](Cc2ccc3ccccc3c2)NC(=O)C[S+]([O-])[C@@H](C(N)=O)NC(=O)[C@H](C(C)C)NC(=O)[C@H](Cc2c[nH]c3ccccc23)NC(=O)[C@H](CCCCN)NC1=O. The lowest BCUT2D eigenvalue weighted by Crippen LogP contribution is -2.62. The number of carbonyl (C=O) groups is 14. The molecule has 1 saturated heterocycles. The van der Waals surface area contributed by atoms with Crippen LogP contribution in [-0.2, 0) is 97.6 Å². The number of nitrogens with one attached hydrogen (secondary N) is 16. The summed E-state index contributed by atoms with van der Waals surface area (Å²) in [6, 6.07) is 10.1. The third kappa shape index (κ3) is 26.5. The van der Waals surface area contributed by atoms with Gasteiger partial charge < -0.3 is 111 Å². The van der Waals surface area contributed by atoms with Crippen LogP contribution in [0.25, 0.3) is 32.6 Å². The monoisotopic (exact) mass is 1600 g/mol. The zero-order valence-electron chi connectivity index (χ0n) is 64.2. The van der Waals surface area contributed by atoms with Crippen LogP contribution >= 0.6 is 0 Å². The number of primary amides is 1. The number of benzene rings is 4. The van der Waals surface area contributed by atoms with Gasteiger partial charge in [0.05, 0.1) is 19.6 Å². The summed E-state index contributed by atoms with van der Waals surface area (Å²) in [6.45, 7) is 6.23. The number of aromatic nitrogens is 2. The van der Waals surface area contributed by atoms with E-state index in [0.29, 0.717) is 57.8 Å². The fourth-order valence-corrected chi connectivity index (χ4v) is 13.9. The summed E-state index contributed by atoms with van der Waals surface area (Å²) < 4.78 is 14.4. The number of hydrogen-bond donors (Lipinski definition) is 21. The molecule has 1 aliphatic rings. The summed E-state index contributed by atoms with van der Waals surface area (Å²) in [4.78, 5) is 207. The Hall–Kier alpha value is -11.7. The highest BCUT2D eigenvalue weighted by Crippen LogP contribution is 2.24. The predicted molar refractivity (Wildman–Crippen MR) is 423 cm³/mol. The van der Waals surface area contributed by atoms with Gasteiger partial charge in [-0.2, -0.15) is 0 Å². The van der Waals surface area contributed by atoms with Gasteiger partial charge in [0.25, 0.3) is 17.2 Å². The molecule has 37 heteroatoms. The van der Waals surface area contributed by atoms with Crippen LogP contribution in [0.5, 0.6) is 0 Å². The standard InChI is InChI=1S/C77H105N19O17S/c1-6-8-22-53-68(105)88-54(25-15-16-29-78)69(106)90-57(34-47-37-84-51-24-14-12-21-49(47)51)73(110)94-63(41(3)4)74(111)96-76(65(79)102)114(113)40-61(99)87-55(32-43-27-28-44-18-9-10-19-45(44)31-43)72(109)95-64(42(5)7-2)75(112)93-59(39-97)66(103)85-38-60(98)86-52(26-17-30-82-77(80)81)67(104)92-58(35-62(100)101)71(108)91-56(70(107)89-53)33-46-36-83-50-23-13-11-20-48(46)50/h9-14,18-21,23-24,27-28,31,36-37,41-42,52-59,63-64,76,83-84,97H,6-8,15-17,22,25-26,29-30,32-35,38-40,78H2,1-5H3,(H2,79,102)(H,85,103)(H,86,98)(H,87,99)(H,88,105)(H,89,107)(H,90,106)(H,91,108)(H,92,104)(H,93,112)(H,94,110)(H,95,109)(H,96,111)(H,100,101)(H4,80,81,82)/t42-,52?,53-,54-,55-,56-,57-,58+,59+,63-,64+,76-,114?/m0/s1. The lowest BCUT2D eigenvalue weighted by Gasteiger charge is -2.29. The Morgan fingerprint density at radius 1 is 0.535 bits per heavy atom. The van der Waals surface area contributed by atoms with Gasteiger partial charge in [0.15, 0.2) is 11.7 Å². The summed E-state index contributed by atoms with van der Waals surface area (Å²) in [5.74, 6) is -18.7. The number of aromatic amines is 2. The molecule has 114 heavy (non-hydrogen) atoms. The van der Waals surface area contributed by atoms with E-state index in [1.54, 1.807) is 105 Å². The molecule has 0 aliphatic carbocycles. The zero-order valence-corrected chi connectivity index (χ0v) is 65.0. The van der Waals surface area contributed by atoms with Crippen molar-refractivity contribution in [2.75, 3.05) is 32.0 Å². The molecule has 13 atom stereocenters. The largest absolute Gasteiger partial charge is 0.614 e. The molecule has 0 spiro atoms. The number of guanidine groups is 1. The van der Waals surface area contributed by atoms with E-state index in [-0.39, 0.29) is 70.9 Å². The second-order valence-corrected chi connectivity index (χ2v) is 30.0. The number of aliphatic carboxylic acids is 1. The average Bonchev–Trinajstić information content (AvgIpc) is 1.62. The summed E-state index contributed by atoms with van der Waals surface area (Å²) >= 11 is -2.73. The molecule has 6 aromatic rings. The summed E-state index contributed by atoms with van der Waals surface area (Å²) in [5.41, 5.74) is 20.0. The molecule has 0 radical (unpaired) electrons. The van der Waals surface area contributed by atoms with Gasteiger partial charge in [-0.05, 0) is 108 Å². The van der Waals surface area contributed by atoms with Crippen LogP contribution in [0.4, 0.5) is 0 Å². The van der Waals surface area contributed by atoms with Gasteiger partial charge in [0.1, 0.15) is 60.4 Å². The topological polar surface area (TPSA) is 592 Å². The van der Waals surface area contributed by atoms with E-state index in [1.807, 2.05) is 19.1 Å². The lowest BCUT2D eigenvalue weighted by atomic mass is 9.96. The van der Waals surface area contributed by atoms with Gasteiger partial charge in [-0.15, -0.1) is 0 Å². The van der Waals surface area contributed by atoms with Gasteiger partial charge in [-0.1, -0.05) is 133 Å². The van der Waals surface area contributed by atoms with E-state index in [2.05, 4.69) is 79.1 Å². The number of amides is 13. The van der Waals surface area contributed by atoms with Crippen molar-refractivity contribution in [3.05, 3.63) is 120 Å². The molecule has 7 rings (SSSR count). The lowest BCUT2D eigenvalue weighted by molar-refractivity contribution is -0.141. The number of hydrogen-bond acceptors (Lipinski definition) is 18. The molecule has 2 unspecified atom stereocenters. The van der Waals surface area contributed by atoms with Gasteiger partial charge in [-0.25, -0.2) is 0 Å². The highest BCUT2D eigenvalue weighted by Gasteiger charge is 2.41. The van der Waals surface area contributed by atoms with Crippen LogP contribution in [0.3, 0.4) is 0 Å².